The molecule has 1 heterocycles. The Morgan fingerprint density at radius 3 is 2.59 bits per heavy atom. The summed E-state index contributed by atoms with van der Waals surface area (Å²) in [5.41, 5.74) is 6.40. The molecule has 3 N–H and O–H groups in total. The molecule has 2 rings (SSSR count). The van der Waals surface area contributed by atoms with Crippen LogP contribution < -0.4 is 11.3 Å². The average Bonchev–Trinajstić information content (AvgIpc) is 2.71. The zero-order chi connectivity index (χ0) is 12.4. The van der Waals surface area contributed by atoms with Gasteiger partial charge in [-0.2, -0.15) is 0 Å². The van der Waals surface area contributed by atoms with Crippen LogP contribution in [0.4, 0.5) is 0 Å². The van der Waals surface area contributed by atoms with Crippen molar-refractivity contribution in [3.05, 3.63) is 56.2 Å². The van der Waals surface area contributed by atoms with Gasteiger partial charge in [-0.25, -0.2) is 5.43 Å². The molecule has 0 bridgehead atoms. The first-order valence-electron chi connectivity index (χ1n) is 5.39. The molecular formula is C13H15ClN2S. The molecule has 0 radical (unpaired) electrons. The highest BCUT2D eigenvalue weighted by atomic mass is 35.5. The van der Waals surface area contributed by atoms with E-state index < -0.39 is 0 Å². The van der Waals surface area contributed by atoms with Gasteiger partial charge in [-0.05, 0) is 54.1 Å². The first-order valence-corrected chi connectivity index (χ1v) is 6.65. The molecule has 0 saturated heterocycles. The summed E-state index contributed by atoms with van der Waals surface area (Å²) >= 11 is 7.78. The number of rotatable bonds is 3. The molecule has 1 atom stereocenters. The van der Waals surface area contributed by atoms with Crippen LogP contribution in [0.1, 0.15) is 27.6 Å². The summed E-state index contributed by atoms with van der Waals surface area (Å²) in [4.78, 5) is 1.27. The number of hydrogen-bond donors (Lipinski definition) is 2. The molecule has 17 heavy (non-hydrogen) atoms. The van der Waals surface area contributed by atoms with Gasteiger partial charge in [0, 0.05) is 9.90 Å². The van der Waals surface area contributed by atoms with E-state index in [1.807, 2.05) is 18.2 Å². The lowest BCUT2D eigenvalue weighted by Crippen LogP contribution is -2.29. The number of thiophene rings is 1. The van der Waals surface area contributed by atoms with Gasteiger partial charge < -0.3 is 0 Å². The molecule has 0 aliphatic carbocycles. The molecule has 0 aliphatic rings. The quantitative estimate of drug-likeness (QED) is 0.658. The van der Waals surface area contributed by atoms with E-state index in [0.717, 1.165) is 10.6 Å². The van der Waals surface area contributed by atoms with E-state index in [1.165, 1.54) is 16.0 Å². The zero-order valence-electron chi connectivity index (χ0n) is 9.83. The van der Waals surface area contributed by atoms with Crippen LogP contribution in [0.15, 0.2) is 29.6 Å². The van der Waals surface area contributed by atoms with Gasteiger partial charge in [-0.1, -0.05) is 17.7 Å². The molecule has 0 aliphatic heterocycles. The number of nitrogens with one attached hydrogen (secondary N) is 1. The predicted molar refractivity (Wildman–Crippen MR) is 74.4 cm³/mol. The average molecular weight is 267 g/mol. The lowest BCUT2D eigenvalue weighted by molar-refractivity contribution is 0.633. The van der Waals surface area contributed by atoms with Crippen molar-refractivity contribution in [1.82, 2.24) is 5.43 Å². The minimum absolute atomic E-state index is 0.0000463. The molecule has 0 saturated carbocycles. The first kappa shape index (κ1) is 12.6. The van der Waals surface area contributed by atoms with Crippen LogP contribution in [0.5, 0.6) is 0 Å². The number of aryl methyl sites for hydroxylation is 2. The van der Waals surface area contributed by atoms with Gasteiger partial charge in [0.1, 0.15) is 0 Å². The van der Waals surface area contributed by atoms with Crippen LogP contribution in [0.3, 0.4) is 0 Å². The maximum Gasteiger partial charge on any atom is 0.0723 e. The van der Waals surface area contributed by atoms with Gasteiger partial charge in [0.2, 0.25) is 0 Å². The molecule has 0 spiro atoms. The van der Waals surface area contributed by atoms with E-state index in [-0.39, 0.29) is 6.04 Å². The first-order chi connectivity index (χ1) is 8.13. The fourth-order valence-corrected chi connectivity index (χ4v) is 2.88. The van der Waals surface area contributed by atoms with Crippen LogP contribution in [-0.2, 0) is 0 Å². The summed E-state index contributed by atoms with van der Waals surface area (Å²) in [6.45, 7) is 4.17. The third-order valence-electron chi connectivity index (χ3n) is 2.93. The second kappa shape index (κ2) is 5.19. The fourth-order valence-electron chi connectivity index (χ4n) is 1.96. The number of halogens is 1. The molecule has 2 aromatic rings. The van der Waals surface area contributed by atoms with E-state index in [1.54, 1.807) is 11.3 Å². The van der Waals surface area contributed by atoms with Crippen molar-refractivity contribution in [2.75, 3.05) is 0 Å². The number of hydrogen-bond acceptors (Lipinski definition) is 3. The molecule has 1 unspecified atom stereocenters. The molecule has 1 aromatic heterocycles. The van der Waals surface area contributed by atoms with Crippen molar-refractivity contribution in [3.8, 4) is 0 Å². The molecule has 90 valence electrons. The molecule has 4 heteroatoms. The van der Waals surface area contributed by atoms with Crippen molar-refractivity contribution < 1.29 is 0 Å². The third kappa shape index (κ3) is 2.53. The second-order valence-electron chi connectivity index (χ2n) is 4.03. The third-order valence-corrected chi connectivity index (χ3v) is 4.03. The maximum atomic E-state index is 6.05. The minimum atomic E-state index is -0.0000463. The predicted octanol–water partition coefficient (Wildman–Crippen LogP) is 3.57. The summed E-state index contributed by atoms with van der Waals surface area (Å²) < 4.78 is 0. The van der Waals surface area contributed by atoms with E-state index in [9.17, 15) is 0 Å². The van der Waals surface area contributed by atoms with Crippen molar-refractivity contribution >= 4 is 22.9 Å². The van der Waals surface area contributed by atoms with Crippen LogP contribution in [0.25, 0.3) is 0 Å². The topological polar surface area (TPSA) is 38.0 Å². The largest absolute Gasteiger partial charge is 0.271 e. The Bertz CT molecular complexity index is 522. The Morgan fingerprint density at radius 1 is 1.24 bits per heavy atom. The van der Waals surface area contributed by atoms with E-state index in [0.29, 0.717) is 0 Å². The summed E-state index contributed by atoms with van der Waals surface area (Å²) in [6.07, 6.45) is 0. The molecule has 0 amide bonds. The van der Waals surface area contributed by atoms with Crippen molar-refractivity contribution in [2.45, 2.75) is 19.9 Å². The Hall–Kier alpha value is -0.870. The number of hydrazine groups is 1. The van der Waals surface area contributed by atoms with E-state index in [2.05, 4.69) is 30.7 Å². The summed E-state index contributed by atoms with van der Waals surface area (Å²) in [6, 6.07) is 7.99. The smallest absolute Gasteiger partial charge is 0.0723 e. The van der Waals surface area contributed by atoms with Gasteiger partial charge in [-0.3, -0.25) is 5.84 Å². The van der Waals surface area contributed by atoms with Gasteiger partial charge in [-0.15, -0.1) is 11.3 Å². The highest BCUT2D eigenvalue weighted by Crippen LogP contribution is 2.30. The van der Waals surface area contributed by atoms with Gasteiger partial charge >= 0.3 is 0 Å². The Morgan fingerprint density at radius 2 is 2.00 bits per heavy atom. The van der Waals surface area contributed by atoms with Crippen LogP contribution in [-0.4, -0.2) is 0 Å². The zero-order valence-corrected chi connectivity index (χ0v) is 11.4. The normalized spacial score (nSPS) is 12.7. The Kier molecular flexibility index (Phi) is 3.84. The monoisotopic (exact) mass is 266 g/mol. The van der Waals surface area contributed by atoms with Gasteiger partial charge in [0.05, 0.1) is 6.04 Å². The van der Waals surface area contributed by atoms with Crippen molar-refractivity contribution in [3.63, 3.8) is 0 Å². The van der Waals surface area contributed by atoms with Gasteiger partial charge in [0.15, 0.2) is 0 Å². The van der Waals surface area contributed by atoms with Crippen molar-refractivity contribution in [2.24, 2.45) is 5.84 Å². The van der Waals surface area contributed by atoms with E-state index >= 15 is 0 Å². The molecule has 1 aromatic carbocycles. The van der Waals surface area contributed by atoms with Crippen LogP contribution in [0.2, 0.25) is 5.02 Å². The Balaban J connectivity index is 2.49. The summed E-state index contributed by atoms with van der Waals surface area (Å²) in [5.74, 6) is 5.70. The fraction of sp³-hybridized carbons (Fsp3) is 0.231. The lowest BCUT2D eigenvalue weighted by Gasteiger charge is -2.19. The highest BCUT2D eigenvalue weighted by molar-refractivity contribution is 7.10. The van der Waals surface area contributed by atoms with Crippen LogP contribution >= 0.6 is 22.9 Å². The van der Waals surface area contributed by atoms with Crippen molar-refractivity contribution in [1.29, 1.82) is 0 Å². The molecule has 0 fully saturated rings. The lowest BCUT2D eigenvalue weighted by atomic mass is 9.96. The Labute approximate surface area is 110 Å². The van der Waals surface area contributed by atoms with Crippen LogP contribution in [0, 0.1) is 13.8 Å². The second-order valence-corrected chi connectivity index (χ2v) is 5.59. The highest BCUT2D eigenvalue weighted by Gasteiger charge is 2.17. The number of nitrogens with two attached hydrogens (primary N) is 1. The SMILES string of the molecule is Cc1ccc(Cl)cc1C(NN)c1ccsc1C. The maximum absolute atomic E-state index is 6.05. The van der Waals surface area contributed by atoms with Gasteiger partial charge in [0.25, 0.3) is 0 Å². The number of benzene rings is 1. The standard InChI is InChI=1S/C13H15ClN2S/c1-8-3-4-10(14)7-12(8)13(16-15)11-5-6-17-9(11)2/h3-7,13,16H,15H2,1-2H3. The minimum Gasteiger partial charge on any atom is -0.271 e. The van der Waals surface area contributed by atoms with E-state index in [4.69, 9.17) is 17.4 Å². The molecular weight excluding hydrogens is 252 g/mol. The molecule has 2 nitrogen and oxygen atoms in total. The summed E-state index contributed by atoms with van der Waals surface area (Å²) in [5, 5.41) is 2.81. The summed E-state index contributed by atoms with van der Waals surface area (Å²) in [7, 11) is 0.